The molecule has 2 aliphatic rings. The maximum absolute atomic E-state index is 8.69. The molecule has 0 bridgehead atoms. The Balaban J connectivity index is 1.88. The molecule has 0 N–H and O–H groups in total. The molecule has 0 radical (unpaired) electrons. The zero-order valence-electron chi connectivity index (χ0n) is 7.71. The summed E-state index contributed by atoms with van der Waals surface area (Å²) in [7, 11) is 2.19. The monoisotopic (exact) mass is 164 g/mol. The van der Waals surface area contributed by atoms with Gasteiger partial charge in [-0.25, -0.2) is 0 Å². The number of likely N-dealkylation sites (tertiary alicyclic amines) is 1. The minimum atomic E-state index is 0.383. The zero-order chi connectivity index (χ0) is 8.60. The van der Waals surface area contributed by atoms with Gasteiger partial charge in [0.05, 0.1) is 6.07 Å². The topological polar surface area (TPSA) is 27.0 Å². The first-order valence-electron chi connectivity index (χ1n) is 4.82. The van der Waals surface area contributed by atoms with Crippen molar-refractivity contribution in [2.24, 2.45) is 11.3 Å². The second-order valence-corrected chi connectivity index (χ2v) is 4.54. The van der Waals surface area contributed by atoms with Crippen molar-refractivity contribution < 1.29 is 0 Å². The van der Waals surface area contributed by atoms with Crippen molar-refractivity contribution in [2.45, 2.75) is 25.7 Å². The van der Waals surface area contributed by atoms with Crippen LogP contribution in [0.25, 0.3) is 0 Å². The molecule has 0 aromatic rings. The quantitative estimate of drug-likeness (QED) is 0.544. The normalized spacial score (nSPS) is 29.7. The van der Waals surface area contributed by atoms with Gasteiger partial charge in [0.1, 0.15) is 0 Å². The maximum atomic E-state index is 8.69. The molecule has 1 aliphatic carbocycles. The molecule has 0 aromatic carbocycles. The summed E-state index contributed by atoms with van der Waals surface area (Å²) >= 11 is 0. The van der Waals surface area contributed by atoms with Crippen LogP contribution in [0.15, 0.2) is 0 Å². The summed E-state index contributed by atoms with van der Waals surface area (Å²) < 4.78 is 0. The fraction of sp³-hybridized carbons (Fsp3) is 0.900. The van der Waals surface area contributed by atoms with Crippen LogP contribution >= 0.6 is 0 Å². The summed E-state index contributed by atoms with van der Waals surface area (Å²) in [6.07, 6.45) is 5.00. The van der Waals surface area contributed by atoms with E-state index in [0.29, 0.717) is 11.3 Å². The number of nitriles is 1. The van der Waals surface area contributed by atoms with E-state index in [2.05, 4.69) is 18.0 Å². The summed E-state index contributed by atoms with van der Waals surface area (Å²) in [6.45, 7) is 2.47. The molecule has 12 heavy (non-hydrogen) atoms. The van der Waals surface area contributed by atoms with E-state index in [1.165, 1.54) is 38.8 Å². The van der Waals surface area contributed by atoms with Crippen LogP contribution in [0, 0.1) is 22.7 Å². The van der Waals surface area contributed by atoms with Crippen molar-refractivity contribution in [3.63, 3.8) is 0 Å². The van der Waals surface area contributed by atoms with Gasteiger partial charge in [-0.15, -0.1) is 0 Å². The Labute approximate surface area is 74.2 Å². The molecule has 1 saturated heterocycles. The number of hydrogen-bond acceptors (Lipinski definition) is 2. The standard InChI is InChI=1S/C10H16N2/c1-12-4-2-10(3-5-12)6-9(7-10)8-11/h9H,2-7H2,1H3. The van der Waals surface area contributed by atoms with Crippen LogP contribution in [-0.4, -0.2) is 25.0 Å². The summed E-state index contributed by atoms with van der Waals surface area (Å²) in [6, 6.07) is 2.37. The van der Waals surface area contributed by atoms with Crippen LogP contribution in [0.4, 0.5) is 0 Å². The Hall–Kier alpha value is -0.550. The first-order chi connectivity index (χ1) is 5.74. The highest BCUT2D eigenvalue weighted by Crippen LogP contribution is 2.51. The Morgan fingerprint density at radius 3 is 2.42 bits per heavy atom. The SMILES string of the molecule is CN1CCC2(CC1)CC(C#N)C2. The Morgan fingerprint density at radius 2 is 1.92 bits per heavy atom. The van der Waals surface area contributed by atoms with Crippen LogP contribution < -0.4 is 0 Å². The van der Waals surface area contributed by atoms with Crippen LogP contribution in [0.2, 0.25) is 0 Å². The predicted octanol–water partition coefficient (Wildman–Crippen LogP) is 1.63. The molecule has 1 spiro atoms. The molecule has 2 rings (SSSR count). The van der Waals surface area contributed by atoms with Gasteiger partial charge in [0, 0.05) is 5.92 Å². The third-order valence-electron chi connectivity index (χ3n) is 3.59. The largest absolute Gasteiger partial charge is 0.306 e. The predicted molar refractivity (Wildman–Crippen MR) is 47.5 cm³/mol. The molecular formula is C10H16N2. The molecule has 1 saturated carbocycles. The summed E-state index contributed by atoms with van der Waals surface area (Å²) in [4.78, 5) is 2.39. The molecule has 1 aliphatic heterocycles. The van der Waals surface area contributed by atoms with Gasteiger partial charge in [-0.05, 0) is 51.2 Å². The van der Waals surface area contributed by atoms with Gasteiger partial charge in [-0.1, -0.05) is 0 Å². The van der Waals surface area contributed by atoms with E-state index in [-0.39, 0.29) is 0 Å². The van der Waals surface area contributed by atoms with Crippen LogP contribution in [-0.2, 0) is 0 Å². The molecular weight excluding hydrogens is 148 g/mol. The molecule has 2 nitrogen and oxygen atoms in total. The van der Waals surface area contributed by atoms with E-state index in [1.807, 2.05) is 0 Å². The number of piperidine rings is 1. The molecule has 66 valence electrons. The van der Waals surface area contributed by atoms with Crippen molar-refractivity contribution in [1.29, 1.82) is 5.26 Å². The third kappa shape index (κ3) is 1.23. The molecule has 2 heteroatoms. The van der Waals surface area contributed by atoms with Gasteiger partial charge in [0.15, 0.2) is 0 Å². The minimum Gasteiger partial charge on any atom is -0.306 e. The maximum Gasteiger partial charge on any atom is 0.0656 e. The van der Waals surface area contributed by atoms with Gasteiger partial charge < -0.3 is 4.90 Å². The highest BCUT2D eigenvalue weighted by Gasteiger charge is 2.45. The second kappa shape index (κ2) is 2.74. The zero-order valence-corrected chi connectivity index (χ0v) is 7.71. The van der Waals surface area contributed by atoms with Crippen molar-refractivity contribution in [1.82, 2.24) is 4.90 Å². The Bertz CT molecular complexity index is 200. The van der Waals surface area contributed by atoms with Gasteiger partial charge in [-0.2, -0.15) is 5.26 Å². The van der Waals surface area contributed by atoms with E-state index in [4.69, 9.17) is 5.26 Å². The number of hydrogen-bond donors (Lipinski definition) is 0. The first kappa shape index (κ1) is 8.07. The van der Waals surface area contributed by atoms with Crippen molar-refractivity contribution in [2.75, 3.05) is 20.1 Å². The summed E-state index contributed by atoms with van der Waals surface area (Å²) in [5, 5.41) is 8.69. The smallest absolute Gasteiger partial charge is 0.0656 e. The van der Waals surface area contributed by atoms with Crippen molar-refractivity contribution in [3.8, 4) is 6.07 Å². The lowest BCUT2D eigenvalue weighted by Crippen LogP contribution is -2.45. The molecule has 0 aromatic heterocycles. The van der Waals surface area contributed by atoms with Crippen molar-refractivity contribution in [3.05, 3.63) is 0 Å². The van der Waals surface area contributed by atoms with E-state index in [0.717, 1.165) is 0 Å². The van der Waals surface area contributed by atoms with Gasteiger partial charge in [0.25, 0.3) is 0 Å². The van der Waals surface area contributed by atoms with Crippen LogP contribution in [0.5, 0.6) is 0 Å². The van der Waals surface area contributed by atoms with Crippen LogP contribution in [0.3, 0.4) is 0 Å². The molecule has 1 heterocycles. The van der Waals surface area contributed by atoms with Gasteiger partial charge >= 0.3 is 0 Å². The third-order valence-corrected chi connectivity index (χ3v) is 3.59. The lowest BCUT2D eigenvalue weighted by Gasteiger charge is -2.49. The fourth-order valence-corrected chi connectivity index (χ4v) is 2.58. The average Bonchev–Trinajstić information content (AvgIpc) is 2.02. The highest BCUT2D eigenvalue weighted by molar-refractivity contribution is 5.04. The molecule has 0 unspecified atom stereocenters. The van der Waals surface area contributed by atoms with Crippen molar-refractivity contribution >= 4 is 0 Å². The molecule has 0 amide bonds. The lowest BCUT2D eigenvalue weighted by molar-refractivity contribution is 0.0148. The Morgan fingerprint density at radius 1 is 1.33 bits per heavy atom. The van der Waals surface area contributed by atoms with E-state index in [1.54, 1.807) is 0 Å². The number of rotatable bonds is 0. The van der Waals surface area contributed by atoms with Gasteiger partial charge in [-0.3, -0.25) is 0 Å². The van der Waals surface area contributed by atoms with Gasteiger partial charge in [0.2, 0.25) is 0 Å². The minimum absolute atomic E-state index is 0.383. The fourth-order valence-electron chi connectivity index (χ4n) is 2.58. The van der Waals surface area contributed by atoms with E-state index >= 15 is 0 Å². The summed E-state index contributed by atoms with van der Waals surface area (Å²) in [5.41, 5.74) is 0.590. The molecule has 0 atom stereocenters. The van der Waals surface area contributed by atoms with E-state index < -0.39 is 0 Å². The first-order valence-corrected chi connectivity index (χ1v) is 4.82. The molecule has 2 fully saturated rings. The Kier molecular flexibility index (Phi) is 1.84. The lowest BCUT2D eigenvalue weighted by atomic mass is 9.58. The summed E-state index contributed by atoms with van der Waals surface area (Å²) in [5.74, 6) is 0.383. The second-order valence-electron chi connectivity index (χ2n) is 4.54. The average molecular weight is 164 g/mol. The van der Waals surface area contributed by atoms with E-state index in [9.17, 15) is 0 Å². The number of nitrogens with zero attached hydrogens (tertiary/aromatic N) is 2. The van der Waals surface area contributed by atoms with Crippen LogP contribution in [0.1, 0.15) is 25.7 Å². The highest BCUT2D eigenvalue weighted by atomic mass is 15.1.